The molecular weight excluding hydrogens is 247 g/mol. The molecule has 0 aliphatic heterocycles. The van der Waals surface area contributed by atoms with E-state index in [4.69, 9.17) is 0 Å². The molecule has 0 aliphatic carbocycles. The number of hydrogen-bond donors (Lipinski definition) is 0. The van der Waals surface area contributed by atoms with E-state index < -0.39 is 11.9 Å². The fraction of sp³-hybridized carbons (Fsp3) is 0. The Labute approximate surface area is 119 Å². The third-order valence-corrected chi connectivity index (χ3v) is 1.33. The first-order chi connectivity index (χ1) is 5.61. The zero-order valence-corrected chi connectivity index (χ0v) is 11.5. The smallest absolute Gasteiger partial charge is 0.545 e. The van der Waals surface area contributed by atoms with Crippen LogP contribution in [0.25, 0.3) is 0 Å². The Hall–Kier alpha value is -0.190. The number of carbonyl (C=O) groups excluding carboxylic acids is 2. The normalized spacial score (nSPS) is 7.47. The molecule has 0 bridgehead atoms. The topological polar surface area (TPSA) is 112 Å². The van der Waals surface area contributed by atoms with Gasteiger partial charge >= 0.3 is 37.7 Å². The van der Waals surface area contributed by atoms with Crippen molar-refractivity contribution in [3.8, 4) is 0 Å². The van der Waals surface area contributed by atoms with Crippen molar-refractivity contribution in [2.24, 2.45) is 0 Å². The Balaban J connectivity index is -0.000000480. The van der Waals surface area contributed by atoms with Crippen LogP contribution in [-0.2, 0) is 0 Å². The molecule has 0 radical (unpaired) electrons. The summed E-state index contributed by atoms with van der Waals surface area (Å²) in [5.74, 6) is -2.81. The second kappa shape index (κ2) is 9.07. The number of carboxylic acids is 2. The third-order valence-electron chi connectivity index (χ3n) is 1.33. The minimum Gasteiger partial charge on any atom is -0.545 e. The Morgan fingerprint density at radius 2 is 1.33 bits per heavy atom. The van der Waals surface area contributed by atoms with Gasteiger partial charge in [-0.25, -0.2) is 0 Å². The van der Waals surface area contributed by atoms with Crippen molar-refractivity contribution in [3.05, 3.63) is 35.4 Å². The van der Waals surface area contributed by atoms with E-state index >= 15 is 0 Å². The quantitative estimate of drug-likeness (QED) is 0.422. The molecule has 1 atom stereocenters. The van der Waals surface area contributed by atoms with Crippen LogP contribution in [0.4, 0.5) is 0 Å². The summed E-state index contributed by atoms with van der Waals surface area (Å²) in [4.78, 5) is 20.5. The molecule has 0 heterocycles. The summed E-state index contributed by atoms with van der Waals surface area (Å²) in [6.45, 7) is 0. The van der Waals surface area contributed by atoms with Gasteiger partial charge in [0.2, 0.25) is 0 Å². The molecule has 0 spiro atoms. The van der Waals surface area contributed by atoms with Crippen LogP contribution in [0.5, 0.6) is 0 Å². The van der Waals surface area contributed by atoms with Crippen LogP contribution in [-0.4, -0.2) is 55.2 Å². The van der Waals surface area contributed by atoms with Gasteiger partial charge in [-0.3, -0.25) is 0 Å². The minimum absolute atomic E-state index is 0. The number of carboxylic acid groups (broad SMARTS) is 2. The molecular formula is C8H9CaO5P. The van der Waals surface area contributed by atoms with E-state index in [0.29, 0.717) is 0 Å². The minimum atomic E-state index is -1.40. The molecule has 1 rings (SSSR count). The van der Waals surface area contributed by atoms with Crippen molar-refractivity contribution in [2.45, 2.75) is 0 Å². The fourth-order valence-electron chi connectivity index (χ4n) is 0.773. The van der Waals surface area contributed by atoms with Gasteiger partial charge in [0, 0.05) is 0 Å². The molecule has 1 aromatic carbocycles. The van der Waals surface area contributed by atoms with Crippen LogP contribution in [0.15, 0.2) is 24.3 Å². The molecule has 7 heteroatoms. The molecule has 78 valence electrons. The van der Waals surface area contributed by atoms with Crippen LogP contribution in [0.1, 0.15) is 20.7 Å². The van der Waals surface area contributed by atoms with Crippen LogP contribution in [0.2, 0.25) is 0 Å². The zero-order chi connectivity index (χ0) is 9.14. The summed E-state index contributed by atoms with van der Waals surface area (Å²) in [6, 6.07) is 4.81. The number of aromatic carboxylic acids is 2. The predicted molar refractivity (Wildman–Crippen MR) is 55.6 cm³/mol. The average Bonchev–Trinajstić information content (AvgIpc) is 2.04. The first-order valence-electron chi connectivity index (χ1n) is 3.14. The Morgan fingerprint density at radius 3 is 1.60 bits per heavy atom. The average molecular weight is 256 g/mol. The van der Waals surface area contributed by atoms with Gasteiger partial charge in [-0.15, -0.1) is 0 Å². The van der Waals surface area contributed by atoms with Crippen LogP contribution in [0, 0.1) is 0 Å². The molecule has 2 N–H and O–H groups in total. The van der Waals surface area contributed by atoms with E-state index in [0.717, 1.165) is 6.07 Å². The van der Waals surface area contributed by atoms with Gasteiger partial charge in [-0.2, -0.15) is 9.90 Å². The SMILES string of the molecule is O.O=C([O-])c1cccc(C(=O)[O-])c1.P.[Ca+2]. The molecule has 0 aromatic heterocycles. The van der Waals surface area contributed by atoms with Crippen LogP contribution < -0.4 is 10.2 Å². The van der Waals surface area contributed by atoms with Crippen LogP contribution in [0.3, 0.4) is 0 Å². The summed E-state index contributed by atoms with van der Waals surface area (Å²) in [5, 5.41) is 20.5. The van der Waals surface area contributed by atoms with Gasteiger partial charge in [0.1, 0.15) is 0 Å². The molecule has 15 heavy (non-hydrogen) atoms. The van der Waals surface area contributed by atoms with E-state index in [1.807, 2.05) is 0 Å². The molecule has 0 fully saturated rings. The predicted octanol–water partition coefficient (Wildman–Crippen LogP) is -2.73. The van der Waals surface area contributed by atoms with Gasteiger partial charge in [0.15, 0.2) is 0 Å². The largest absolute Gasteiger partial charge is 2.00 e. The van der Waals surface area contributed by atoms with Crippen molar-refractivity contribution < 1.29 is 25.3 Å². The van der Waals surface area contributed by atoms with E-state index in [1.54, 1.807) is 0 Å². The molecule has 1 unspecified atom stereocenters. The van der Waals surface area contributed by atoms with E-state index in [2.05, 4.69) is 0 Å². The Bertz CT molecular complexity index is 312. The second-order valence-electron chi connectivity index (χ2n) is 2.16. The van der Waals surface area contributed by atoms with Gasteiger partial charge in [0.25, 0.3) is 0 Å². The van der Waals surface area contributed by atoms with Gasteiger partial charge < -0.3 is 25.3 Å². The molecule has 0 amide bonds. The Morgan fingerprint density at radius 1 is 1.00 bits per heavy atom. The molecule has 0 aliphatic rings. The maximum absolute atomic E-state index is 10.3. The van der Waals surface area contributed by atoms with E-state index in [1.165, 1.54) is 18.2 Å². The van der Waals surface area contributed by atoms with Crippen molar-refractivity contribution in [3.63, 3.8) is 0 Å². The summed E-state index contributed by atoms with van der Waals surface area (Å²) in [6.07, 6.45) is 0. The van der Waals surface area contributed by atoms with Crippen molar-refractivity contribution >= 4 is 59.6 Å². The molecule has 1 aromatic rings. The first-order valence-corrected chi connectivity index (χ1v) is 3.14. The van der Waals surface area contributed by atoms with Crippen molar-refractivity contribution in [2.75, 3.05) is 0 Å². The zero-order valence-electron chi connectivity index (χ0n) is 7.86. The summed E-state index contributed by atoms with van der Waals surface area (Å²) in [7, 11) is 0. The summed E-state index contributed by atoms with van der Waals surface area (Å²) < 4.78 is 0. The number of rotatable bonds is 2. The Kier molecular flexibility index (Phi) is 12.2. The third kappa shape index (κ3) is 6.07. The summed E-state index contributed by atoms with van der Waals surface area (Å²) >= 11 is 0. The van der Waals surface area contributed by atoms with Gasteiger partial charge in [-0.1, -0.05) is 18.2 Å². The van der Waals surface area contributed by atoms with E-state index in [9.17, 15) is 19.8 Å². The molecule has 0 saturated carbocycles. The number of carbonyl (C=O) groups is 2. The van der Waals surface area contributed by atoms with Crippen molar-refractivity contribution in [1.29, 1.82) is 0 Å². The van der Waals surface area contributed by atoms with Gasteiger partial charge in [0.05, 0.1) is 11.9 Å². The number of benzene rings is 1. The van der Waals surface area contributed by atoms with Crippen molar-refractivity contribution in [1.82, 2.24) is 0 Å². The maximum atomic E-state index is 10.3. The first kappa shape index (κ1) is 20.3. The molecule has 5 nitrogen and oxygen atoms in total. The van der Waals surface area contributed by atoms with Gasteiger partial charge in [-0.05, 0) is 17.2 Å². The monoisotopic (exact) mass is 256 g/mol. The maximum Gasteiger partial charge on any atom is 2.00 e. The summed E-state index contributed by atoms with van der Waals surface area (Å²) in [5.41, 5.74) is -0.339. The van der Waals surface area contributed by atoms with E-state index in [-0.39, 0.29) is 64.2 Å². The fourth-order valence-corrected chi connectivity index (χ4v) is 0.773. The standard InChI is InChI=1S/C8H6O4.Ca.H2O.H3P/c9-7(10)5-2-1-3-6(4-5)8(11)12;;;/h1-4H,(H,9,10)(H,11,12);;1H2;1H3/q;+2;;/p-2. The number of hydrogen-bond acceptors (Lipinski definition) is 4. The second-order valence-corrected chi connectivity index (χ2v) is 2.16. The van der Waals surface area contributed by atoms with Crippen LogP contribution >= 0.6 is 9.90 Å². The molecule has 0 saturated heterocycles.